The van der Waals surface area contributed by atoms with Crippen LogP contribution in [0.3, 0.4) is 0 Å². The van der Waals surface area contributed by atoms with Crippen LogP contribution in [0.2, 0.25) is 0 Å². The summed E-state index contributed by atoms with van der Waals surface area (Å²) in [7, 11) is 1.45. The van der Waals surface area contributed by atoms with Crippen LogP contribution >= 0.6 is 0 Å². The van der Waals surface area contributed by atoms with Gasteiger partial charge in [0.1, 0.15) is 11.3 Å². The maximum absolute atomic E-state index is 15.1. The van der Waals surface area contributed by atoms with E-state index in [1.165, 1.54) is 13.3 Å². The molecule has 1 saturated heterocycles. The highest BCUT2D eigenvalue weighted by Gasteiger charge is 2.32. The molecule has 0 bridgehead atoms. The molecule has 2 aliphatic rings. The Hall–Kier alpha value is -2.81. The molecule has 0 amide bonds. The maximum Gasteiger partial charge on any atom is 0.341 e. The Morgan fingerprint density at radius 3 is 2.34 bits per heavy atom. The number of aromatic carboxylic acids is 1. The van der Waals surface area contributed by atoms with Crippen molar-refractivity contribution in [2.24, 2.45) is 0 Å². The zero-order chi connectivity index (χ0) is 19.3. The fourth-order valence-electron chi connectivity index (χ4n) is 3.86. The number of carboxylic acids is 1. The van der Waals surface area contributed by atoms with E-state index in [9.17, 15) is 14.7 Å². The van der Waals surface area contributed by atoms with Gasteiger partial charge in [0, 0.05) is 37.9 Å². The van der Waals surface area contributed by atoms with Crippen LogP contribution in [-0.4, -0.2) is 75.8 Å². The second-order valence-corrected chi connectivity index (χ2v) is 7.25. The number of carbonyl (C=O) groups is 1. The van der Waals surface area contributed by atoms with Gasteiger partial charge in [-0.25, -0.2) is 9.18 Å². The molecule has 4 rings (SSSR count). The number of hydrogen-bond donors (Lipinski definition) is 2. The van der Waals surface area contributed by atoms with Gasteiger partial charge in [-0.1, -0.05) is 0 Å². The third-order valence-electron chi connectivity index (χ3n) is 5.26. The van der Waals surface area contributed by atoms with Crippen LogP contribution in [0.1, 0.15) is 36.2 Å². The molecule has 1 saturated carbocycles. The maximum atomic E-state index is 15.1. The predicted molar refractivity (Wildman–Crippen MR) is 118 cm³/mol. The number of rotatable bonds is 4. The molecule has 32 heavy (non-hydrogen) atoms. The van der Waals surface area contributed by atoms with Crippen molar-refractivity contribution in [3.63, 3.8) is 0 Å². The largest absolute Gasteiger partial charge is 0.492 e. The lowest BCUT2D eigenvalue weighted by atomic mass is 10.1. The van der Waals surface area contributed by atoms with Gasteiger partial charge < -0.3 is 52.0 Å². The molecule has 1 unspecified atom stereocenters. The number of aromatic nitrogens is 1. The Labute approximate surface area is 182 Å². The Morgan fingerprint density at radius 2 is 1.84 bits per heavy atom. The van der Waals surface area contributed by atoms with Gasteiger partial charge in [-0.05, 0) is 25.8 Å². The monoisotopic (exact) mass is 465 g/mol. The van der Waals surface area contributed by atoms with Crippen LogP contribution in [-0.2, 0) is 0 Å². The number of carboxylic acid groups (broad SMARTS) is 1. The zero-order valence-corrected chi connectivity index (χ0v) is 17.8. The summed E-state index contributed by atoms with van der Waals surface area (Å²) < 4.78 is 22.5. The van der Waals surface area contributed by atoms with Crippen LogP contribution in [0, 0.1) is 5.82 Å². The summed E-state index contributed by atoms with van der Waals surface area (Å²) in [5.74, 6) is -1.59. The van der Waals surface area contributed by atoms with E-state index in [1.54, 1.807) is 4.57 Å². The molecule has 13 heteroatoms. The third kappa shape index (κ3) is 5.15. The fraction of sp³-hybridized carbons (Fsp3) is 0.474. The van der Waals surface area contributed by atoms with E-state index in [0.717, 1.165) is 25.5 Å². The smallest absolute Gasteiger partial charge is 0.341 e. The minimum Gasteiger partial charge on any atom is -0.492 e. The normalized spacial score (nSPS) is 17.0. The topological polar surface area (TPSA) is 241 Å². The molecular formula is C19H32FN3O9. The average Bonchev–Trinajstić information content (AvgIpc) is 3.46. The van der Waals surface area contributed by atoms with Gasteiger partial charge >= 0.3 is 5.97 Å². The molecule has 1 aliphatic heterocycles. The summed E-state index contributed by atoms with van der Waals surface area (Å²) in [4.78, 5) is 26.1. The number of pyridine rings is 1. The average molecular weight is 465 g/mol. The van der Waals surface area contributed by atoms with Gasteiger partial charge in [0.05, 0.1) is 18.0 Å². The van der Waals surface area contributed by atoms with Crippen molar-refractivity contribution in [1.82, 2.24) is 9.88 Å². The van der Waals surface area contributed by atoms with Crippen molar-refractivity contribution in [2.75, 3.05) is 31.6 Å². The number of benzene rings is 1. The van der Waals surface area contributed by atoms with Crippen molar-refractivity contribution in [3.05, 3.63) is 33.9 Å². The van der Waals surface area contributed by atoms with E-state index >= 15 is 4.39 Å². The predicted octanol–water partition coefficient (Wildman–Crippen LogP) is -2.14. The molecule has 12 N–H and O–H groups in total. The van der Waals surface area contributed by atoms with Crippen LogP contribution in [0.25, 0.3) is 10.9 Å². The standard InChI is InChI=1S/C19H22FN3O4.5H2O/c1-10-8-22(6-5-21-10)16-14(20)7-12-15(18(16)27-2)23(11-3-4-11)9-13(17(12)24)19(25)26;;;;;/h7,9-11,21H,3-6,8H2,1-2H3,(H,25,26);5*1H2. The summed E-state index contributed by atoms with van der Waals surface area (Å²) in [6.45, 7) is 3.97. The number of halogens is 1. The molecule has 2 aromatic rings. The second kappa shape index (κ2) is 11.7. The highest BCUT2D eigenvalue weighted by Crippen LogP contribution is 2.43. The summed E-state index contributed by atoms with van der Waals surface area (Å²) in [5, 5.41) is 12.7. The van der Waals surface area contributed by atoms with Crippen LogP contribution in [0.15, 0.2) is 17.1 Å². The van der Waals surface area contributed by atoms with Crippen LogP contribution in [0.4, 0.5) is 10.1 Å². The Balaban J connectivity index is 0. The first kappa shape index (κ1) is 31.4. The van der Waals surface area contributed by atoms with Crippen molar-refractivity contribution in [3.8, 4) is 5.75 Å². The van der Waals surface area contributed by atoms with Gasteiger partial charge in [0.15, 0.2) is 11.6 Å². The highest BCUT2D eigenvalue weighted by atomic mass is 19.1. The van der Waals surface area contributed by atoms with Gasteiger partial charge in [0.2, 0.25) is 5.43 Å². The second-order valence-electron chi connectivity index (χ2n) is 7.25. The molecule has 1 aromatic heterocycles. The molecule has 12 nitrogen and oxygen atoms in total. The van der Waals surface area contributed by atoms with E-state index < -0.39 is 17.2 Å². The Bertz CT molecular complexity index is 994. The van der Waals surface area contributed by atoms with Gasteiger partial charge in [-0.2, -0.15) is 0 Å². The van der Waals surface area contributed by atoms with Gasteiger partial charge in [0.25, 0.3) is 0 Å². The number of fused-ring (bicyclic) bond motifs is 1. The molecule has 2 heterocycles. The minimum absolute atomic E-state index is 0. The molecular weight excluding hydrogens is 433 g/mol. The van der Waals surface area contributed by atoms with E-state index in [0.29, 0.717) is 30.0 Å². The van der Waals surface area contributed by atoms with Crippen LogP contribution in [0.5, 0.6) is 5.75 Å². The van der Waals surface area contributed by atoms with E-state index in [2.05, 4.69) is 5.32 Å². The lowest BCUT2D eigenvalue weighted by Crippen LogP contribution is -2.49. The zero-order valence-electron chi connectivity index (χ0n) is 17.8. The number of nitrogens with zero attached hydrogens (tertiary/aromatic N) is 2. The SMILES string of the molecule is COc1c(N2CCNC(C)C2)c(F)cc2c(=O)c(C(=O)O)cn(C3CC3)c12.O.O.O.O.O. The number of nitrogens with one attached hydrogen (secondary N) is 1. The first-order valence-electron chi connectivity index (χ1n) is 9.09. The summed E-state index contributed by atoms with van der Waals surface area (Å²) in [5.41, 5.74) is -0.237. The minimum atomic E-state index is -1.31. The quantitative estimate of drug-likeness (QED) is 0.509. The lowest BCUT2D eigenvalue weighted by molar-refractivity contribution is 0.0694. The summed E-state index contributed by atoms with van der Waals surface area (Å²) in [6.07, 6.45) is 3.14. The summed E-state index contributed by atoms with van der Waals surface area (Å²) in [6, 6.07) is 1.45. The van der Waals surface area contributed by atoms with E-state index in [-0.39, 0.29) is 50.4 Å². The van der Waals surface area contributed by atoms with E-state index in [1.807, 2.05) is 11.8 Å². The Kier molecular flexibility index (Phi) is 11.5. The van der Waals surface area contributed by atoms with Crippen molar-refractivity contribution >= 4 is 22.6 Å². The molecule has 2 fully saturated rings. The number of hydrogen-bond acceptors (Lipinski definition) is 5. The molecule has 184 valence electrons. The fourth-order valence-corrected chi connectivity index (χ4v) is 3.86. The number of ether oxygens (including phenoxy) is 1. The van der Waals surface area contributed by atoms with Crippen molar-refractivity contribution < 1.29 is 46.4 Å². The lowest BCUT2D eigenvalue weighted by Gasteiger charge is -2.35. The van der Waals surface area contributed by atoms with E-state index in [4.69, 9.17) is 4.74 Å². The molecule has 1 aliphatic carbocycles. The number of methoxy groups -OCH3 is 1. The van der Waals surface area contributed by atoms with Crippen molar-refractivity contribution in [2.45, 2.75) is 31.8 Å². The number of piperazine rings is 1. The molecule has 0 spiro atoms. The summed E-state index contributed by atoms with van der Waals surface area (Å²) >= 11 is 0. The van der Waals surface area contributed by atoms with Gasteiger partial charge in [-0.15, -0.1) is 0 Å². The first-order valence-corrected chi connectivity index (χ1v) is 9.09. The first-order chi connectivity index (χ1) is 12.9. The highest BCUT2D eigenvalue weighted by molar-refractivity contribution is 5.97. The third-order valence-corrected chi connectivity index (χ3v) is 5.26. The number of anilines is 1. The molecule has 0 radical (unpaired) electrons. The molecule has 1 aromatic carbocycles. The van der Waals surface area contributed by atoms with Crippen LogP contribution < -0.4 is 20.4 Å². The van der Waals surface area contributed by atoms with Gasteiger partial charge in [-0.3, -0.25) is 4.79 Å². The molecule has 1 atom stereocenters. The van der Waals surface area contributed by atoms with Crippen molar-refractivity contribution in [1.29, 1.82) is 0 Å². The Morgan fingerprint density at radius 1 is 1.22 bits per heavy atom.